The van der Waals surface area contributed by atoms with Gasteiger partial charge >= 0.3 is 5.69 Å². The molecule has 1 atom stereocenters. The molecule has 2 aromatic rings. The van der Waals surface area contributed by atoms with Crippen molar-refractivity contribution in [3.05, 3.63) is 39.0 Å². The lowest BCUT2D eigenvalue weighted by atomic mass is 10.3. The number of aryl methyl sites for hydroxylation is 1. The average Bonchev–Trinajstić information content (AvgIpc) is 2.82. The van der Waals surface area contributed by atoms with Crippen LogP contribution in [0.3, 0.4) is 0 Å². The van der Waals surface area contributed by atoms with Crippen LogP contribution >= 0.6 is 11.3 Å². The predicted octanol–water partition coefficient (Wildman–Crippen LogP) is 2.20. The fourth-order valence-electron chi connectivity index (χ4n) is 1.42. The van der Waals surface area contributed by atoms with Crippen LogP contribution < -0.4 is 0 Å². The summed E-state index contributed by atoms with van der Waals surface area (Å²) >= 11 is 1.17. The van der Waals surface area contributed by atoms with Gasteiger partial charge in [0.05, 0.1) is 16.7 Å². The van der Waals surface area contributed by atoms with E-state index in [-0.39, 0.29) is 5.69 Å². The first-order valence-electron chi connectivity index (χ1n) is 4.98. The van der Waals surface area contributed by atoms with Crippen LogP contribution in [0.25, 0.3) is 5.00 Å². The van der Waals surface area contributed by atoms with Gasteiger partial charge in [-0.3, -0.25) is 10.1 Å². The second kappa shape index (κ2) is 4.27. The maximum Gasteiger partial charge on any atom is 0.306 e. The largest absolute Gasteiger partial charge is 0.388 e. The van der Waals surface area contributed by atoms with E-state index >= 15 is 0 Å². The molecule has 2 heterocycles. The van der Waals surface area contributed by atoms with Crippen LogP contribution in [-0.4, -0.2) is 19.8 Å². The molecule has 90 valence electrons. The first-order valence-corrected chi connectivity index (χ1v) is 5.79. The summed E-state index contributed by atoms with van der Waals surface area (Å²) in [5.74, 6) is 0. The first-order chi connectivity index (χ1) is 7.99. The highest BCUT2D eigenvalue weighted by molar-refractivity contribution is 7.15. The highest BCUT2D eigenvalue weighted by atomic mass is 32.1. The molecule has 6 nitrogen and oxygen atoms in total. The van der Waals surface area contributed by atoms with Crippen molar-refractivity contribution in [2.75, 3.05) is 0 Å². The van der Waals surface area contributed by atoms with Crippen LogP contribution in [0.2, 0.25) is 0 Å². The molecular formula is C10H11N3O3S. The molecule has 2 rings (SSSR count). The zero-order chi connectivity index (χ0) is 12.6. The normalized spacial score (nSPS) is 12.6. The molecule has 0 saturated carbocycles. The Morgan fingerprint density at radius 1 is 1.65 bits per heavy atom. The van der Waals surface area contributed by atoms with E-state index in [4.69, 9.17) is 0 Å². The third-order valence-electron chi connectivity index (χ3n) is 2.25. The molecule has 0 bridgehead atoms. The van der Waals surface area contributed by atoms with Crippen molar-refractivity contribution < 1.29 is 10.0 Å². The van der Waals surface area contributed by atoms with Crippen molar-refractivity contribution >= 4 is 17.0 Å². The van der Waals surface area contributed by atoms with E-state index < -0.39 is 11.0 Å². The Kier molecular flexibility index (Phi) is 2.95. The molecule has 0 aliphatic rings. The topological polar surface area (TPSA) is 81.2 Å². The standard InChI is InChI=1S/C10H11N3O3S/c1-6-3-4-12(11-6)10-8(13(15)16)5-9(17-10)7(2)14/h3-5,7,14H,1-2H3. The third kappa shape index (κ3) is 2.20. The second-order valence-corrected chi connectivity index (χ2v) is 4.74. The minimum Gasteiger partial charge on any atom is -0.388 e. The minimum atomic E-state index is -0.718. The van der Waals surface area contributed by atoms with Gasteiger partial charge in [-0.1, -0.05) is 0 Å². The fraction of sp³-hybridized carbons (Fsp3) is 0.300. The summed E-state index contributed by atoms with van der Waals surface area (Å²) in [6.07, 6.45) is 0.948. The predicted molar refractivity (Wildman–Crippen MR) is 63.5 cm³/mol. The van der Waals surface area contributed by atoms with Crippen LogP contribution in [0.1, 0.15) is 23.6 Å². The summed E-state index contributed by atoms with van der Waals surface area (Å²) < 4.78 is 1.46. The van der Waals surface area contributed by atoms with Gasteiger partial charge in [-0.15, -0.1) is 11.3 Å². The fourth-order valence-corrected chi connectivity index (χ4v) is 2.42. The van der Waals surface area contributed by atoms with Gasteiger partial charge in [-0.25, -0.2) is 4.68 Å². The maximum absolute atomic E-state index is 10.9. The summed E-state index contributed by atoms with van der Waals surface area (Å²) in [6, 6.07) is 3.16. The number of thiophene rings is 1. The maximum atomic E-state index is 10.9. The zero-order valence-corrected chi connectivity index (χ0v) is 10.1. The second-order valence-electron chi connectivity index (χ2n) is 3.67. The molecule has 17 heavy (non-hydrogen) atoms. The summed E-state index contributed by atoms with van der Waals surface area (Å²) in [5, 5.41) is 24.9. The Labute approximate surface area is 101 Å². The first kappa shape index (κ1) is 11.7. The van der Waals surface area contributed by atoms with Gasteiger partial charge in [-0.2, -0.15) is 5.10 Å². The van der Waals surface area contributed by atoms with Gasteiger partial charge in [0, 0.05) is 17.1 Å². The quantitative estimate of drug-likeness (QED) is 0.671. The number of aliphatic hydroxyl groups is 1. The lowest BCUT2D eigenvalue weighted by molar-refractivity contribution is -0.384. The summed E-state index contributed by atoms with van der Waals surface area (Å²) in [7, 11) is 0. The van der Waals surface area contributed by atoms with Gasteiger partial charge in [0.2, 0.25) is 0 Å². The van der Waals surface area contributed by atoms with E-state index in [9.17, 15) is 15.2 Å². The Morgan fingerprint density at radius 2 is 2.35 bits per heavy atom. The van der Waals surface area contributed by atoms with Crippen molar-refractivity contribution in [3.8, 4) is 5.00 Å². The van der Waals surface area contributed by atoms with Gasteiger partial charge < -0.3 is 5.11 Å². The van der Waals surface area contributed by atoms with Crippen LogP contribution in [0, 0.1) is 17.0 Å². The molecule has 0 spiro atoms. The average molecular weight is 253 g/mol. The van der Waals surface area contributed by atoms with Gasteiger partial charge in [0.1, 0.15) is 0 Å². The molecular weight excluding hydrogens is 242 g/mol. The Morgan fingerprint density at radius 3 is 2.82 bits per heavy atom. The van der Waals surface area contributed by atoms with Gasteiger partial charge in [0.15, 0.2) is 5.00 Å². The summed E-state index contributed by atoms with van der Waals surface area (Å²) in [5.41, 5.74) is 0.750. The minimum absolute atomic E-state index is 0.0333. The number of aromatic nitrogens is 2. The monoisotopic (exact) mass is 253 g/mol. The molecule has 0 radical (unpaired) electrons. The number of hydrogen-bond acceptors (Lipinski definition) is 5. The van der Waals surface area contributed by atoms with E-state index in [1.165, 1.54) is 22.1 Å². The lowest BCUT2D eigenvalue weighted by Crippen LogP contribution is -1.96. The lowest BCUT2D eigenvalue weighted by Gasteiger charge is -1.97. The molecule has 0 saturated heterocycles. The molecule has 1 N–H and O–H groups in total. The van der Waals surface area contributed by atoms with Crippen molar-refractivity contribution in [2.45, 2.75) is 20.0 Å². The third-order valence-corrected chi connectivity index (χ3v) is 3.54. The van der Waals surface area contributed by atoms with E-state index in [0.29, 0.717) is 9.88 Å². The van der Waals surface area contributed by atoms with E-state index in [2.05, 4.69) is 5.10 Å². The van der Waals surface area contributed by atoms with Gasteiger partial charge in [-0.05, 0) is 19.9 Å². The van der Waals surface area contributed by atoms with Crippen LogP contribution in [0.4, 0.5) is 5.69 Å². The van der Waals surface area contributed by atoms with Crippen LogP contribution in [0.5, 0.6) is 0 Å². The molecule has 0 aromatic carbocycles. The molecule has 0 amide bonds. The van der Waals surface area contributed by atoms with Crippen molar-refractivity contribution in [1.29, 1.82) is 0 Å². The van der Waals surface area contributed by atoms with Crippen molar-refractivity contribution in [2.24, 2.45) is 0 Å². The van der Waals surface area contributed by atoms with Crippen LogP contribution in [0.15, 0.2) is 18.3 Å². The SMILES string of the molecule is Cc1ccn(-c2sc(C(C)O)cc2[N+](=O)[O-])n1. The number of nitro groups is 1. The van der Waals surface area contributed by atoms with E-state index in [1.807, 2.05) is 6.92 Å². The highest BCUT2D eigenvalue weighted by Gasteiger charge is 2.22. The molecule has 0 aliphatic heterocycles. The van der Waals surface area contributed by atoms with Crippen LogP contribution in [-0.2, 0) is 0 Å². The van der Waals surface area contributed by atoms with Gasteiger partial charge in [0.25, 0.3) is 0 Å². The number of aliphatic hydroxyl groups excluding tert-OH is 1. The zero-order valence-electron chi connectivity index (χ0n) is 9.32. The molecule has 7 heteroatoms. The summed E-state index contributed by atoms with van der Waals surface area (Å²) in [6.45, 7) is 3.39. The molecule has 0 aliphatic carbocycles. The number of nitrogens with zero attached hydrogens (tertiary/aromatic N) is 3. The smallest absolute Gasteiger partial charge is 0.306 e. The molecule has 0 fully saturated rings. The molecule has 2 aromatic heterocycles. The Balaban J connectivity index is 2.55. The highest BCUT2D eigenvalue weighted by Crippen LogP contribution is 2.35. The molecule has 1 unspecified atom stereocenters. The van der Waals surface area contributed by atoms with Crippen molar-refractivity contribution in [1.82, 2.24) is 9.78 Å². The number of rotatable bonds is 3. The van der Waals surface area contributed by atoms with Crippen molar-refractivity contribution in [3.63, 3.8) is 0 Å². The number of hydrogen-bond donors (Lipinski definition) is 1. The Hall–Kier alpha value is -1.73. The van der Waals surface area contributed by atoms with E-state index in [1.54, 1.807) is 19.2 Å². The van der Waals surface area contributed by atoms with E-state index in [0.717, 1.165) is 5.69 Å². The Bertz CT molecular complexity index is 559. The summed E-state index contributed by atoms with van der Waals surface area (Å²) in [4.78, 5) is 11.0.